The van der Waals surface area contributed by atoms with E-state index in [0.29, 0.717) is 3.63 Å². The van der Waals surface area contributed by atoms with E-state index in [9.17, 15) is 0 Å². The van der Waals surface area contributed by atoms with E-state index in [1.54, 1.807) is 22.3 Å². The van der Waals surface area contributed by atoms with Gasteiger partial charge in [-0.25, -0.2) is 0 Å². The Bertz CT molecular complexity index is 810. The second-order valence-corrected chi connectivity index (χ2v) is 10.5. The Morgan fingerprint density at radius 2 is 1.40 bits per heavy atom. The third kappa shape index (κ3) is 2.85. The average molecular weight is 406 g/mol. The zero-order chi connectivity index (χ0) is 17.4. The third-order valence-electron chi connectivity index (χ3n) is 5.79. The summed E-state index contributed by atoms with van der Waals surface area (Å²) in [5.74, 6) is 0.719. The van der Waals surface area contributed by atoms with Gasteiger partial charge < -0.3 is 0 Å². The van der Waals surface area contributed by atoms with Crippen LogP contribution in [0.2, 0.25) is 0 Å². The molecule has 2 aromatic rings. The Morgan fingerprint density at radius 1 is 0.800 bits per heavy atom. The predicted octanol–water partition coefficient (Wildman–Crippen LogP) is 6.88. The maximum atomic E-state index is 2.60. The van der Waals surface area contributed by atoms with Crippen molar-refractivity contribution < 1.29 is 23.2 Å². The molecule has 0 saturated carbocycles. The van der Waals surface area contributed by atoms with Gasteiger partial charge in [0.15, 0.2) is 0 Å². The van der Waals surface area contributed by atoms with Gasteiger partial charge in [0.05, 0.1) is 0 Å². The van der Waals surface area contributed by atoms with Crippen LogP contribution in [-0.4, -0.2) is 0 Å². The van der Waals surface area contributed by atoms with Gasteiger partial charge in [-0.3, -0.25) is 0 Å². The fourth-order valence-electron chi connectivity index (χ4n) is 4.55. The number of allylic oxidation sites excluding steroid dienone is 4. The number of rotatable bonds is 5. The molecular formula is C24H26Zr. The predicted molar refractivity (Wildman–Crippen MR) is 103 cm³/mol. The molecule has 0 spiro atoms. The van der Waals surface area contributed by atoms with E-state index in [1.807, 2.05) is 3.28 Å². The second-order valence-electron chi connectivity index (χ2n) is 7.06. The van der Waals surface area contributed by atoms with Gasteiger partial charge in [0.25, 0.3) is 0 Å². The Balaban J connectivity index is 1.78. The van der Waals surface area contributed by atoms with E-state index in [0.717, 1.165) is 5.92 Å². The molecule has 0 fully saturated rings. The standard InChI is InChI=1S/C13H9.C11H17.Zr/c1-3-7-12-10(5-1)9-11-6-2-4-8-13(11)12;1-4-9-7-10(5-2)11(6-3)8-9;/h1-9H;7,9H,4-6H2,1-3H3;. The molecule has 0 nitrogen and oxygen atoms in total. The summed E-state index contributed by atoms with van der Waals surface area (Å²) in [6, 6.07) is 18.3. The first-order valence-electron chi connectivity index (χ1n) is 9.67. The Labute approximate surface area is 163 Å². The van der Waals surface area contributed by atoms with Crippen molar-refractivity contribution >= 4 is 0 Å². The van der Waals surface area contributed by atoms with Crippen LogP contribution in [0.4, 0.5) is 0 Å². The molecule has 0 saturated heterocycles. The molecule has 0 radical (unpaired) electrons. The molecule has 0 heterocycles. The fraction of sp³-hybridized carbons (Fsp3) is 0.333. The average Bonchev–Trinajstić information content (AvgIpc) is 3.18. The van der Waals surface area contributed by atoms with Crippen molar-refractivity contribution in [2.75, 3.05) is 0 Å². The number of fused-ring (bicyclic) bond motifs is 3. The van der Waals surface area contributed by atoms with E-state index >= 15 is 0 Å². The van der Waals surface area contributed by atoms with E-state index in [1.165, 1.54) is 30.4 Å². The van der Waals surface area contributed by atoms with Gasteiger partial charge in [-0.05, 0) is 0 Å². The van der Waals surface area contributed by atoms with E-state index < -0.39 is 23.2 Å². The van der Waals surface area contributed by atoms with Crippen LogP contribution in [0.5, 0.6) is 0 Å². The molecule has 0 bridgehead atoms. The first kappa shape index (κ1) is 17.2. The van der Waals surface area contributed by atoms with Gasteiger partial charge in [0.1, 0.15) is 0 Å². The minimum atomic E-state index is -0.733. The van der Waals surface area contributed by atoms with Crippen molar-refractivity contribution in [2.24, 2.45) is 5.92 Å². The zero-order valence-corrected chi connectivity index (χ0v) is 17.9. The monoisotopic (exact) mass is 404 g/mol. The van der Waals surface area contributed by atoms with Crippen molar-refractivity contribution in [3.05, 3.63) is 80.2 Å². The molecule has 25 heavy (non-hydrogen) atoms. The minimum absolute atomic E-state index is 0.686. The molecule has 2 aliphatic rings. The Hall–Kier alpha value is -1.20. The first-order valence-corrected chi connectivity index (χ1v) is 12.3. The zero-order valence-electron chi connectivity index (χ0n) is 15.5. The summed E-state index contributed by atoms with van der Waals surface area (Å²) in [4.78, 5) is 0. The summed E-state index contributed by atoms with van der Waals surface area (Å²) in [6.07, 6.45) is 6.27. The third-order valence-corrected chi connectivity index (χ3v) is 10.4. The summed E-state index contributed by atoms with van der Waals surface area (Å²) in [5.41, 5.74) is 9.53. The Kier molecular flexibility index (Phi) is 4.96. The topological polar surface area (TPSA) is 0 Å². The first-order chi connectivity index (χ1) is 12.3. The van der Waals surface area contributed by atoms with Crippen molar-refractivity contribution in [1.29, 1.82) is 0 Å². The van der Waals surface area contributed by atoms with E-state index in [2.05, 4.69) is 75.4 Å². The summed E-state index contributed by atoms with van der Waals surface area (Å²) >= 11 is -0.733. The van der Waals surface area contributed by atoms with E-state index in [4.69, 9.17) is 0 Å². The molecule has 0 N–H and O–H groups in total. The number of benzene rings is 2. The van der Waals surface area contributed by atoms with Crippen LogP contribution in [0, 0.1) is 5.92 Å². The summed E-state index contributed by atoms with van der Waals surface area (Å²) in [5, 5.41) is 0. The molecular weight excluding hydrogens is 379 g/mol. The van der Waals surface area contributed by atoms with Crippen molar-refractivity contribution in [3.63, 3.8) is 0 Å². The molecule has 4 rings (SSSR count). The molecule has 126 valence electrons. The van der Waals surface area contributed by atoms with E-state index in [-0.39, 0.29) is 0 Å². The maximum absolute atomic E-state index is 2.60. The normalized spacial score (nSPS) is 19.0. The molecule has 0 aromatic heterocycles. The summed E-state index contributed by atoms with van der Waals surface area (Å²) in [6.45, 7) is 7.04. The Morgan fingerprint density at radius 3 is 1.92 bits per heavy atom. The quantitative estimate of drug-likeness (QED) is 0.508. The van der Waals surface area contributed by atoms with Gasteiger partial charge in [-0.1, -0.05) is 0 Å². The van der Waals surface area contributed by atoms with Crippen molar-refractivity contribution in [2.45, 2.75) is 43.7 Å². The van der Waals surface area contributed by atoms with Crippen LogP contribution in [0.25, 0.3) is 11.1 Å². The van der Waals surface area contributed by atoms with Crippen LogP contribution >= 0.6 is 0 Å². The van der Waals surface area contributed by atoms with Crippen LogP contribution in [-0.2, 0) is 23.2 Å². The van der Waals surface area contributed by atoms with Crippen LogP contribution in [0.15, 0.2) is 69.0 Å². The molecule has 0 amide bonds. The molecule has 1 atom stereocenters. The van der Waals surface area contributed by atoms with Gasteiger partial charge in [-0.15, -0.1) is 0 Å². The van der Waals surface area contributed by atoms with Gasteiger partial charge in [0.2, 0.25) is 0 Å². The molecule has 1 unspecified atom stereocenters. The molecule has 2 aromatic carbocycles. The molecule has 1 heteroatoms. The van der Waals surface area contributed by atoms with Gasteiger partial charge >= 0.3 is 164 Å². The SMILES string of the molecule is CCC1=CC(CC)[C]([Zr][CH]2c3ccccc3-c3ccccc32)=C1CC. The van der Waals surface area contributed by atoms with Crippen molar-refractivity contribution in [1.82, 2.24) is 0 Å². The number of hydrogen-bond acceptors (Lipinski definition) is 0. The molecule has 0 aliphatic heterocycles. The van der Waals surface area contributed by atoms with Crippen LogP contribution in [0.1, 0.15) is 54.8 Å². The van der Waals surface area contributed by atoms with Gasteiger partial charge in [0, 0.05) is 0 Å². The fourth-order valence-corrected chi connectivity index (χ4v) is 9.81. The second kappa shape index (κ2) is 7.20. The van der Waals surface area contributed by atoms with Crippen LogP contribution in [0.3, 0.4) is 0 Å². The van der Waals surface area contributed by atoms with Crippen molar-refractivity contribution in [3.8, 4) is 11.1 Å². The summed E-state index contributed by atoms with van der Waals surface area (Å²) < 4.78 is 2.56. The van der Waals surface area contributed by atoms with Gasteiger partial charge in [-0.2, -0.15) is 0 Å². The number of hydrogen-bond donors (Lipinski definition) is 0. The molecule has 2 aliphatic carbocycles. The van der Waals surface area contributed by atoms with Crippen LogP contribution < -0.4 is 0 Å². The summed E-state index contributed by atoms with van der Waals surface area (Å²) in [7, 11) is 0.